The fourth-order valence-electron chi connectivity index (χ4n) is 1.33. The number of rotatable bonds is 2. The molecular weight excluding hydrogens is 198 g/mol. The van der Waals surface area contributed by atoms with Crippen molar-refractivity contribution in [3.63, 3.8) is 0 Å². The van der Waals surface area contributed by atoms with Crippen molar-refractivity contribution in [2.24, 2.45) is 0 Å². The van der Waals surface area contributed by atoms with Crippen LogP contribution in [0.1, 0.15) is 11.4 Å². The van der Waals surface area contributed by atoms with Crippen molar-refractivity contribution < 1.29 is 0 Å². The SMILES string of the molecule is Cc1cccc(-n2ncnc2CCl)c1. The topological polar surface area (TPSA) is 30.7 Å². The Bertz CT molecular complexity index is 436. The summed E-state index contributed by atoms with van der Waals surface area (Å²) >= 11 is 5.74. The third kappa shape index (κ3) is 1.63. The molecule has 4 heteroatoms. The summed E-state index contributed by atoms with van der Waals surface area (Å²) in [5.41, 5.74) is 2.19. The standard InChI is InChI=1S/C10H10ClN3/c1-8-3-2-4-9(5-8)14-10(6-11)12-7-13-14/h2-5,7H,6H2,1H3. The zero-order chi connectivity index (χ0) is 9.97. The van der Waals surface area contributed by atoms with Crippen LogP contribution >= 0.6 is 11.6 Å². The van der Waals surface area contributed by atoms with Gasteiger partial charge >= 0.3 is 0 Å². The van der Waals surface area contributed by atoms with Crippen molar-refractivity contribution in [3.05, 3.63) is 42.0 Å². The van der Waals surface area contributed by atoms with E-state index in [1.165, 1.54) is 11.9 Å². The van der Waals surface area contributed by atoms with Crippen LogP contribution in [0.3, 0.4) is 0 Å². The summed E-state index contributed by atoms with van der Waals surface area (Å²) < 4.78 is 1.75. The van der Waals surface area contributed by atoms with Gasteiger partial charge in [0.2, 0.25) is 0 Å². The molecule has 72 valence electrons. The van der Waals surface area contributed by atoms with Crippen molar-refractivity contribution in [1.82, 2.24) is 14.8 Å². The molecule has 0 N–H and O–H groups in total. The van der Waals surface area contributed by atoms with Crippen molar-refractivity contribution in [2.45, 2.75) is 12.8 Å². The molecule has 0 saturated carbocycles. The van der Waals surface area contributed by atoms with Gasteiger partial charge in [-0.3, -0.25) is 0 Å². The molecular formula is C10H10ClN3. The number of benzene rings is 1. The lowest BCUT2D eigenvalue weighted by molar-refractivity contribution is 0.831. The third-order valence-corrected chi connectivity index (χ3v) is 2.22. The Morgan fingerprint density at radius 1 is 1.43 bits per heavy atom. The number of aromatic nitrogens is 3. The molecule has 0 aliphatic carbocycles. The van der Waals surface area contributed by atoms with Gasteiger partial charge in [0.1, 0.15) is 12.2 Å². The van der Waals surface area contributed by atoms with E-state index in [4.69, 9.17) is 11.6 Å². The van der Waals surface area contributed by atoms with Gasteiger partial charge in [0, 0.05) is 0 Å². The molecule has 2 aromatic rings. The highest BCUT2D eigenvalue weighted by Crippen LogP contribution is 2.11. The number of alkyl halides is 1. The van der Waals surface area contributed by atoms with E-state index in [0.717, 1.165) is 11.5 Å². The van der Waals surface area contributed by atoms with Crippen LogP contribution in [0.2, 0.25) is 0 Å². The first-order valence-electron chi connectivity index (χ1n) is 4.33. The van der Waals surface area contributed by atoms with Crippen LogP contribution in [-0.4, -0.2) is 14.8 Å². The molecule has 0 atom stereocenters. The van der Waals surface area contributed by atoms with Gasteiger partial charge in [-0.05, 0) is 24.6 Å². The normalized spacial score (nSPS) is 10.4. The van der Waals surface area contributed by atoms with Crippen LogP contribution in [0, 0.1) is 6.92 Å². The highest BCUT2D eigenvalue weighted by atomic mass is 35.5. The van der Waals surface area contributed by atoms with E-state index in [0.29, 0.717) is 5.88 Å². The van der Waals surface area contributed by atoms with E-state index in [9.17, 15) is 0 Å². The predicted molar refractivity (Wildman–Crippen MR) is 55.7 cm³/mol. The minimum atomic E-state index is 0.369. The predicted octanol–water partition coefficient (Wildman–Crippen LogP) is 2.31. The van der Waals surface area contributed by atoms with Gasteiger partial charge in [-0.15, -0.1) is 11.6 Å². The van der Waals surface area contributed by atoms with Crippen LogP contribution in [0.15, 0.2) is 30.6 Å². The van der Waals surface area contributed by atoms with E-state index in [-0.39, 0.29) is 0 Å². The quantitative estimate of drug-likeness (QED) is 0.708. The van der Waals surface area contributed by atoms with Crippen molar-refractivity contribution in [1.29, 1.82) is 0 Å². The van der Waals surface area contributed by atoms with E-state index in [1.54, 1.807) is 4.68 Å². The summed E-state index contributed by atoms with van der Waals surface area (Å²) in [6, 6.07) is 8.06. The van der Waals surface area contributed by atoms with Gasteiger partial charge in [-0.2, -0.15) is 5.10 Å². The molecule has 0 aliphatic heterocycles. The average molecular weight is 208 g/mol. The molecule has 0 unspecified atom stereocenters. The Morgan fingerprint density at radius 3 is 3.00 bits per heavy atom. The molecule has 0 fully saturated rings. The zero-order valence-electron chi connectivity index (χ0n) is 7.81. The fourth-order valence-corrected chi connectivity index (χ4v) is 1.51. The van der Waals surface area contributed by atoms with Crippen LogP contribution in [0.5, 0.6) is 0 Å². The maximum atomic E-state index is 5.74. The zero-order valence-corrected chi connectivity index (χ0v) is 8.57. The summed E-state index contributed by atoms with van der Waals surface area (Å²) in [5.74, 6) is 1.13. The summed E-state index contributed by atoms with van der Waals surface area (Å²) in [6.07, 6.45) is 1.51. The first kappa shape index (κ1) is 9.21. The Balaban J connectivity index is 2.49. The highest BCUT2D eigenvalue weighted by molar-refractivity contribution is 6.16. The molecule has 0 radical (unpaired) electrons. The summed E-state index contributed by atoms with van der Waals surface area (Å²) in [6.45, 7) is 2.04. The number of nitrogens with zero attached hydrogens (tertiary/aromatic N) is 3. The number of aryl methyl sites for hydroxylation is 1. The van der Waals surface area contributed by atoms with Gasteiger partial charge in [0.15, 0.2) is 0 Å². The molecule has 0 amide bonds. The lowest BCUT2D eigenvalue weighted by Gasteiger charge is -2.04. The van der Waals surface area contributed by atoms with Crippen LogP contribution < -0.4 is 0 Å². The molecule has 1 heterocycles. The minimum absolute atomic E-state index is 0.369. The molecule has 1 aromatic heterocycles. The molecule has 0 spiro atoms. The molecule has 0 saturated heterocycles. The van der Waals surface area contributed by atoms with Crippen LogP contribution in [0.25, 0.3) is 5.69 Å². The first-order chi connectivity index (χ1) is 6.81. The van der Waals surface area contributed by atoms with E-state index in [1.807, 2.05) is 31.2 Å². The van der Waals surface area contributed by atoms with Gasteiger partial charge < -0.3 is 0 Å². The minimum Gasteiger partial charge on any atom is -0.218 e. The lowest BCUT2D eigenvalue weighted by Crippen LogP contribution is -2.01. The monoisotopic (exact) mass is 207 g/mol. The smallest absolute Gasteiger partial charge is 0.147 e. The van der Waals surface area contributed by atoms with Gasteiger partial charge in [0.25, 0.3) is 0 Å². The van der Waals surface area contributed by atoms with E-state index in [2.05, 4.69) is 10.1 Å². The van der Waals surface area contributed by atoms with E-state index < -0.39 is 0 Å². The first-order valence-corrected chi connectivity index (χ1v) is 4.86. The molecule has 14 heavy (non-hydrogen) atoms. The van der Waals surface area contributed by atoms with E-state index >= 15 is 0 Å². The second kappa shape index (κ2) is 3.80. The summed E-state index contributed by atoms with van der Waals surface area (Å²) in [7, 11) is 0. The third-order valence-electron chi connectivity index (χ3n) is 1.98. The second-order valence-corrected chi connectivity index (χ2v) is 3.33. The molecule has 2 rings (SSSR count). The Morgan fingerprint density at radius 2 is 2.29 bits per heavy atom. The maximum absolute atomic E-state index is 5.74. The molecule has 3 nitrogen and oxygen atoms in total. The molecule has 1 aromatic carbocycles. The van der Waals surface area contributed by atoms with Crippen LogP contribution in [0.4, 0.5) is 0 Å². The molecule has 0 bridgehead atoms. The van der Waals surface area contributed by atoms with Gasteiger partial charge in [-0.1, -0.05) is 12.1 Å². The Kier molecular flexibility index (Phi) is 2.50. The fraction of sp³-hybridized carbons (Fsp3) is 0.200. The number of hydrogen-bond acceptors (Lipinski definition) is 2. The number of hydrogen-bond donors (Lipinski definition) is 0. The van der Waals surface area contributed by atoms with Crippen LogP contribution in [-0.2, 0) is 5.88 Å². The van der Waals surface area contributed by atoms with Gasteiger partial charge in [-0.25, -0.2) is 9.67 Å². The van der Waals surface area contributed by atoms with Gasteiger partial charge in [0.05, 0.1) is 11.6 Å². The van der Waals surface area contributed by atoms with Crippen molar-refractivity contribution in [2.75, 3.05) is 0 Å². The summed E-state index contributed by atoms with van der Waals surface area (Å²) in [4.78, 5) is 4.06. The lowest BCUT2D eigenvalue weighted by atomic mass is 10.2. The molecule has 0 aliphatic rings. The Labute approximate surface area is 87.3 Å². The summed E-state index contributed by atoms with van der Waals surface area (Å²) in [5, 5.41) is 4.12. The maximum Gasteiger partial charge on any atom is 0.147 e. The Hall–Kier alpha value is -1.35. The van der Waals surface area contributed by atoms with Crippen molar-refractivity contribution in [3.8, 4) is 5.69 Å². The average Bonchev–Trinajstić information content (AvgIpc) is 2.65. The number of halogens is 1. The van der Waals surface area contributed by atoms with Crippen molar-refractivity contribution >= 4 is 11.6 Å². The largest absolute Gasteiger partial charge is 0.218 e. The second-order valence-electron chi connectivity index (χ2n) is 3.06. The highest BCUT2D eigenvalue weighted by Gasteiger charge is 2.04.